The lowest BCUT2D eigenvalue weighted by Gasteiger charge is -2.13. The average molecular weight is 777 g/mol. The third kappa shape index (κ3) is 13.0. The minimum atomic E-state index is 0.465. The molecule has 2 aromatic heterocycles. The Balaban J connectivity index is 1.12. The monoisotopic (exact) mass is 776 g/mol. The number of unbranched alkanes of at least 4 members (excludes halogenated alkanes) is 6. The molecule has 0 atom stereocenters. The molecule has 6 aromatic rings. The van der Waals surface area contributed by atoms with Gasteiger partial charge in [-0.25, -0.2) is 0 Å². The largest absolute Gasteiger partial charge is 0.354 e. The second-order valence-corrected chi connectivity index (χ2v) is 14.3. The molecule has 0 amide bonds. The first-order valence-electron chi connectivity index (χ1n) is 20.5. The van der Waals surface area contributed by atoms with Gasteiger partial charge < -0.3 is 31.9 Å². The molecule has 0 bridgehead atoms. The fourth-order valence-electron chi connectivity index (χ4n) is 6.26. The van der Waals surface area contributed by atoms with Gasteiger partial charge in [0.1, 0.15) is 0 Å². The summed E-state index contributed by atoms with van der Waals surface area (Å²) in [5.41, 5.74) is 8.06. The molecule has 0 aliphatic heterocycles. The molecule has 300 valence electrons. The van der Waals surface area contributed by atoms with Crippen LogP contribution in [0.25, 0.3) is 12.2 Å². The molecule has 2 heterocycles. The van der Waals surface area contributed by atoms with Crippen LogP contribution in [0.1, 0.15) is 87.5 Å². The van der Waals surface area contributed by atoms with Crippen LogP contribution in [-0.4, -0.2) is 43.0 Å². The maximum Gasteiger partial charge on any atom is 0.233 e. The zero-order valence-corrected chi connectivity index (χ0v) is 34.1. The van der Waals surface area contributed by atoms with Gasteiger partial charge in [-0.3, -0.25) is 0 Å². The molecule has 0 radical (unpaired) electrons. The maximum atomic E-state index is 4.68. The zero-order valence-electron chi connectivity index (χ0n) is 34.1. The molecular weight excluding hydrogens is 721 g/mol. The standard InChI is InChI=1S/C46H56N12/c1-5-7-9-17-29-47-41-53-43(49-37-19-13-11-14-20-37)57-45(55-41)51-39-27-25-35(33(3)31-39)23-24-36-26-28-40(32-34(36)4)52-46-56-42(48-30-18-10-8-6-2)54-44(58-46)50-38-21-15-12-16-22-38/h11-16,19-28,31-32H,5-10,17-18,29-30H2,1-4H3,(H3,47,49,51,53,55,57)(H3,48,50,52,54,56,58). The molecule has 0 aliphatic carbocycles. The summed E-state index contributed by atoms with van der Waals surface area (Å²) >= 11 is 0. The first-order chi connectivity index (χ1) is 28.4. The Morgan fingerprint density at radius 3 is 1.12 bits per heavy atom. The topological polar surface area (TPSA) is 150 Å². The predicted molar refractivity (Wildman–Crippen MR) is 242 cm³/mol. The van der Waals surface area contributed by atoms with Crippen molar-refractivity contribution in [3.63, 3.8) is 0 Å². The first-order valence-corrected chi connectivity index (χ1v) is 20.5. The molecule has 12 heteroatoms. The van der Waals surface area contributed by atoms with Crippen molar-refractivity contribution < 1.29 is 0 Å². The minimum Gasteiger partial charge on any atom is -0.354 e. The van der Waals surface area contributed by atoms with E-state index in [1.165, 1.54) is 38.5 Å². The van der Waals surface area contributed by atoms with Gasteiger partial charge >= 0.3 is 0 Å². The quantitative estimate of drug-likeness (QED) is 0.0288. The molecule has 0 saturated heterocycles. The van der Waals surface area contributed by atoms with Crippen LogP contribution in [0.4, 0.5) is 58.4 Å². The van der Waals surface area contributed by atoms with Crippen LogP contribution < -0.4 is 31.9 Å². The van der Waals surface area contributed by atoms with Gasteiger partial charge in [-0.05, 0) is 97.5 Å². The van der Waals surface area contributed by atoms with Crippen LogP contribution in [0.2, 0.25) is 0 Å². The van der Waals surface area contributed by atoms with Crippen LogP contribution >= 0.6 is 0 Å². The summed E-state index contributed by atoms with van der Waals surface area (Å²) < 4.78 is 0. The number of hydrogen-bond donors (Lipinski definition) is 6. The number of hydrogen-bond acceptors (Lipinski definition) is 12. The summed E-state index contributed by atoms with van der Waals surface area (Å²) in [5, 5.41) is 20.2. The average Bonchev–Trinajstić information content (AvgIpc) is 3.22. The lowest BCUT2D eigenvalue weighted by atomic mass is 10.0. The van der Waals surface area contributed by atoms with Crippen molar-refractivity contribution in [1.29, 1.82) is 0 Å². The molecule has 6 N–H and O–H groups in total. The highest BCUT2D eigenvalue weighted by Crippen LogP contribution is 2.25. The highest BCUT2D eigenvalue weighted by Gasteiger charge is 2.11. The van der Waals surface area contributed by atoms with Crippen molar-refractivity contribution in [2.45, 2.75) is 79.1 Å². The van der Waals surface area contributed by atoms with Gasteiger partial charge in [-0.15, -0.1) is 0 Å². The number of benzene rings is 4. The SMILES string of the molecule is CCCCCCNc1nc(Nc2ccccc2)nc(Nc2ccc(C=Cc3ccc(Nc4nc(NCCCCCC)nc(Nc5ccccc5)n4)cc3C)c(C)c2)n1. The van der Waals surface area contributed by atoms with E-state index in [-0.39, 0.29) is 0 Å². The Hall–Kier alpha value is -6.56. The molecular formula is C46H56N12. The van der Waals surface area contributed by atoms with E-state index >= 15 is 0 Å². The fourth-order valence-corrected chi connectivity index (χ4v) is 6.26. The van der Waals surface area contributed by atoms with Gasteiger partial charge in [-0.1, -0.05) is 113 Å². The van der Waals surface area contributed by atoms with E-state index in [1.54, 1.807) is 0 Å². The van der Waals surface area contributed by atoms with Crippen LogP contribution in [-0.2, 0) is 0 Å². The summed E-state index contributed by atoms with van der Waals surface area (Å²) in [6, 6.07) is 32.3. The Morgan fingerprint density at radius 1 is 0.397 bits per heavy atom. The Morgan fingerprint density at radius 2 is 0.759 bits per heavy atom. The normalized spacial score (nSPS) is 11.0. The van der Waals surface area contributed by atoms with Gasteiger partial charge in [0.05, 0.1) is 0 Å². The van der Waals surface area contributed by atoms with Crippen molar-refractivity contribution in [2.75, 3.05) is 45.0 Å². The van der Waals surface area contributed by atoms with Gasteiger partial charge in [-0.2, -0.15) is 29.9 Å². The fraction of sp³-hybridized carbons (Fsp3) is 0.304. The minimum absolute atomic E-state index is 0.465. The molecule has 0 unspecified atom stereocenters. The molecule has 12 nitrogen and oxygen atoms in total. The highest BCUT2D eigenvalue weighted by molar-refractivity contribution is 5.75. The van der Waals surface area contributed by atoms with Crippen molar-refractivity contribution >= 4 is 70.6 Å². The number of nitrogens with zero attached hydrogens (tertiary/aromatic N) is 6. The smallest absolute Gasteiger partial charge is 0.233 e. The van der Waals surface area contributed by atoms with Crippen molar-refractivity contribution in [3.05, 3.63) is 119 Å². The summed E-state index contributed by atoms with van der Waals surface area (Å²) in [7, 11) is 0. The molecule has 0 fully saturated rings. The number of nitrogens with one attached hydrogen (secondary N) is 6. The Kier molecular flexibility index (Phi) is 15.3. The second kappa shape index (κ2) is 21.7. The number of anilines is 10. The van der Waals surface area contributed by atoms with E-state index in [4.69, 9.17) is 0 Å². The van der Waals surface area contributed by atoms with Gasteiger partial charge in [0, 0.05) is 35.8 Å². The summed E-state index contributed by atoms with van der Waals surface area (Å²) in [6.45, 7) is 10.2. The molecule has 6 rings (SSSR count). The lowest BCUT2D eigenvalue weighted by molar-refractivity contribution is 0.683. The van der Waals surface area contributed by atoms with Gasteiger partial charge in [0.2, 0.25) is 35.7 Å². The van der Waals surface area contributed by atoms with E-state index in [0.29, 0.717) is 35.7 Å². The third-order valence-corrected chi connectivity index (χ3v) is 9.45. The number of aryl methyl sites for hydroxylation is 2. The van der Waals surface area contributed by atoms with Crippen LogP contribution in [0.5, 0.6) is 0 Å². The summed E-state index contributed by atoms with van der Waals surface area (Å²) in [5.74, 6) is 2.95. The van der Waals surface area contributed by atoms with Crippen molar-refractivity contribution in [1.82, 2.24) is 29.9 Å². The van der Waals surface area contributed by atoms with Gasteiger partial charge in [0.15, 0.2) is 0 Å². The first kappa shape index (κ1) is 41.1. The summed E-state index contributed by atoms with van der Waals surface area (Å²) in [6.07, 6.45) is 13.6. The predicted octanol–water partition coefficient (Wildman–Crippen LogP) is 11.8. The van der Waals surface area contributed by atoms with E-state index in [2.05, 4.69) is 126 Å². The Bertz CT molecular complexity index is 2050. The van der Waals surface area contributed by atoms with Crippen LogP contribution in [0, 0.1) is 13.8 Å². The molecule has 0 saturated carbocycles. The van der Waals surface area contributed by atoms with Crippen molar-refractivity contribution in [2.24, 2.45) is 0 Å². The highest BCUT2D eigenvalue weighted by atomic mass is 15.3. The number of aromatic nitrogens is 6. The van der Waals surface area contributed by atoms with Crippen LogP contribution in [0.3, 0.4) is 0 Å². The molecule has 4 aromatic carbocycles. The zero-order chi connectivity index (χ0) is 40.4. The maximum absolute atomic E-state index is 4.68. The lowest BCUT2D eigenvalue weighted by Crippen LogP contribution is -2.10. The van der Waals surface area contributed by atoms with Crippen LogP contribution in [0.15, 0.2) is 97.1 Å². The van der Waals surface area contributed by atoms with Gasteiger partial charge in [0.25, 0.3) is 0 Å². The third-order valence-electron chi connectivity index (χ3n) is 9.45. The Labute approximate surface area is 342 Å². The van der Waals surface area contributed by atoms with E-state index in [1.807, 2.05) is 72.8 Å². The van der Waals surface area contributed by atoms with Crippen molar-refractivity contribution in [3.8, 4) is 0 Å². The van der Waals surface area contributed by atoms with E-state index in [9.17, 15) is 0 Å². The molecule has 0 spiro atoms. The number of rotatable bonds is 22. The molecule has 58 heavy (non-hydrogen) atoms. The number of para-hydroxylation sites is 2. The van der Waals surface area contributed by atoms with E-state index < -0.39 is 0 Å². The second-order valence-electron chi connectivity index (χ2n) is 14.3. The van der Waals surface area contributed by atoms with E-state index in [0.717, 1.165) is 70.9 Å². The molecule has 0 aliphatic rings. The summed E-state index contributed by atoms with van der Waals surface area (Å²) in [4.78, 5) is 28.0.